The molecule has 2 saturated heterocycles. The second-order valence-corrected chi connectivity index (χ2v) is 15.1. The summed E-state index contributed by atoms with van der Waals surface area (Å²) in [6, 6.07) is 4.01. The van der Waals surface area contributed by atoms with E-state index < -0.39 is 23.5 Å². The molecule has 0 unspecified atom stereocenters. The van der Waals surface area contributed by atoms with Crippen molar-refractivity contribution in [1.82, 2.24) is 23.8 Å². The standard InChI is InChI=1S/C36H45FN6O5S/c1-20-23-8-7-15-47-30(23)26(37)18-24(20)29-25-19-27(41(6)32(25)38-21(2)28(29)31(34(44)45)48-36(3,4)5)33-39-35(40-49-33)43-11-9-22(10-12-43)42-13-16-46-17-14-42/h18-19,22,31H,7-17H2,1-6H3,(H,44,45)/t31-/m0/s1. The normalized spacial score (nSPS) is 18.5. The molecular weight excluding hydrogens is 647 g/mol. The molecule has 49 heavy (non-hydrogen) atoms. The molecule has 13 heteroatoms. The number of carboxylic acids is 1. The Balaban J connectivity index is 1.33. The predicted octanol–water partition coefficient (Wildman–Crippen LogP) is 6.08. The van der Waals surface area contributed by atoms with E-state index in [-0.39, 0.29) is 5.75 Å². The Bertz CT molecular complexity index is 1890. The minimum Gasteiger partial charge on any atom is -0.490 e. The van der Waals surface area contributed by atoms with Gasteiger partial charge in [0.25, 0.3) is 0 Å². The molecule has 6 heterocycles. The number of aryl methyl sites for hydroxylation is 2. The number of piperidine rings is 1. The van der Waals surface area contributed by atoms with Crippen molar-refractivity contribution in [3.05, 3.63) is 40.3 Å². The lowest BCUT2D eigenvalue weighted by Gasteiger charge is -2.39. The van der Waals surface area contributed by atoms with Crippen LogP contribution in [0.5, 0.6) is 5.75 Å². The maximum atomic E-state index is 15.8. The van der Waals surface area contributed by atoms with E-state index in [1.54, 1.807) is 6.92 Å². The monoisotopic (exact) mass is 692 g/mol. The van der Waals surface area contributed by atoms with E-state index in [4.69, 9.17) is 28.6 Å². The highest BCUT2D eigenvalue weighted by atomic mass is 32.1. The van der Waals surface area contributed by atoms with Crippen LogP contribution in [0, 0.1) is 19.7 Å². The lowest BCUT2D eigenvalue weighted by Crippen LogP contribution is -2.49. The predicted molar refractivity (Wildman–Crippen MR) is 187 cm³/mol. The molecule has 1 N–H and O–H groups in total. The lowest BCUT2D eigenvalue weighted by atomic mass is 9.86. The van der Waals surface area contributed by atoms with Crippen LogP contribution in [0.3, 0.4) is 0 Å². The zero-order valence-electron chi connectivity index (χ0n) is 29.1. The number of aromatic nitrogens is 4. The van der Waals surface area contributed by atoms with Gasteiger partial charge in [-0.2, -0.15) is 9.36 Å². The highest BCUT2D eigenvalue weighted by Crippen LogP contribution is 2.46. The van der Waals surface area contributed by atoms with Gasteiger partial charge in [0.1, 0.15) is 5.65 Å². The smallest absolute Gasteiger partial charge is 0.337 e. The summed E-state index contributed by atoms with van der Waals surface area (Å²) in [6.45, 7) is 15.0. The van der Waals surface area contributed by atoms with E-state index in [9.17, 15) is 9.90 Å². The van der Waals surface area contributed by atoms with Gasteiger partial charge < -0.3 is 28.8 Å². The number of halogens is 1. The molecule has 7 rings (SSSR count). The molecule has 0 bridgehead atoms. The summed E-state index contributed by atoms with van der Waals surface area (Å²) in [6.07, 6.45) is 2.23. The minimum atomic E-state index is -1.33. The Labute approximate surface area is 290 Å². The number of nitrogens with zero attached hydrogens (tertiary/aromatic N) is 6. The van der Waals surface area contributed by atoms with Crippen LogP contribution in [0.25, 0.3) is 32.9 Å². The third-order valence-corrected chi connectivity index (χ3v) is 10.7. The number of hydrogen-bond donors (Lipinski definition) is 1. The lowest BCUT2D eigenvalue weighted by molar-refractivity contribution is -0.160. The second kappa shape index (κ2) is 13.2. The van der Waals surface area contributed by atoms with Crippen molar-refractivity contribution >= 4 is 34.5 Å². The molecular formula is C36H45FN6O5S. The summed E-state index contributed by atoms with van der Waals surface area (Å²) in [4.78, 5) is 27.7. The molecule has 0 aliphatic carbocycles. The van der Waals surface area contributed by atoms with Gasteiger partial charge in [0, 0.05) is 67.0 Å². The number of carbonyl (C=O) groups is 1. The largest absolute Gasteiger partial charge is 0.490 e. The number of fused-ring (bicyclic) bond motifs is 2. The molecule has 2 fully saturated rings. The van der Waals surface area contributed by atoms with Crippen molar-refractivity contribution in [3.8, 4) is 27.6 Å². The first-order chi connectivity index (χ1) is 23.4. The SMILES string of the molecule is Cc1nc2c(cc(-c3nc(N4CCC(N5CCOCC5)CC4)ns3)n2C)c(-c2cc(F)c3c(c2C)CCCO3)c1[C@H](OC(C)(C)C)C(=O)O. The number of anilines is 1. The summed E-state index contributed by atoms with van der Waals surface area (Å²) < 4.78 is 40.0. The molecule has 3 aliphatic heterocycles. The average molecular weight is 693 g/mol. The van der Waals surface area contributed by atoms with Crippen LogP contribution in [0.2, 0.25) is 0 Å². The fourth-order valence-corrected chi connectivity index (χ4v) is 8.34. The Kier molecular flexibility index (Phi) is 9.14. The Morgan fingerprint density at radius 1 is 1.10 bits per heavy atom. The van der Waals surface area contributed by atoms with E-state index in [1.165, 1.54) is 17.6 Å². The number of rotatable bonds is 7. The molecule has 0 amide bonds. The van der Waals surface area contributed by atoms with Crippen molar-refractivity contribution in [3.63, 3.8) is 0 Å². The first-order valence-corrected chi connectivity index (χ1v) is 17.9. The van der Waals surface area contributed by atoms with Gasteiger partial charge >= 0.3 is 5.97 Å². The van der Waals surface area contributed by atoms with Crippen LogP contribution in [0.4, 0.5) is 10.3 Å². The first kappa shape index (κ1) is 33.8. The molecule has 11 nitrogen and oxygen atoms in total. The minimum absolute atomic E-state index is 0.279. The molecule has 0 saturated carbocycles. The van der Waals surface area contributed by atoms with Crippen molar-refractivity contribution < 1.29 is 28.5 Å². The quantitative estimate of drug-likeness (QED) is 0.244. The average Bonchev–Trinajstić information content (AvgIpc) is 3.70. The topological polar surface area (TPSA) is 115 Å². The zero-order valence-corrected chi connectivity index (χ0v) is 30.0. The third-order valence-electron chi connectivity index (χ3n) is 10.0. The van der Waals surface area contributed by atoms with E-state index in [1.807, 2.05) is 45.4 Å². The summed E-state index contributed by atoms with van der Waals surface area (Å²) in [5.41, 5.74) is 4.45. The van der Waals surface area contributed by atoms with Gasteiger partial charge in [0.15, 0.2) is 22.7 Å². The fraction of sp³-hybridized carbons (Fsp3) is 0.556. The van der Waals surface area contributed by atoms with Crippen molar-refractivity contribution in [2.24, 2.45) is 7.05 Å². The van der Waals surface area contributed by atoms with Crippen LogP contribution in [-0.4, -0.2) is 92.5 Å². The maximum absolute atomic E-state index is 15.8. The Morgan fingerprint density at radius 3 is 2.53 bits per heavy atom. The number of aliphatic carboxylic acids is 1. The number of morpholine rings is 1. The van der Waals surface area contributed by atoms with Crippen molar-refractivity contribution in [2.45, 2.75) is 78.0 Å². The second-order valence-electron chi connectivity index (χ2n) is 14.3. The highest BCUT2D eigenvalue weighted by Gasteiger charge is 2.35. The molecule has 3 aliphatic rings. The fourth-order valence-electron chi connectivity index (χ4n) is 7.60. The van der Waals surface area contributed by atoms with Crippen molar-refractivity contribution in [2.75, 3.05) is 50.9 Å². The van der Waals surface area contributed by atoms with E-state index in [0.717, 1.165) is 80.5 Å². The summed E-state index contributed by atoms with van der Waals surface area (Å²) in [5.74, 6) is -0.606. The van der Waals surface area contributed by atoms with Gasteiger partial charge in [0.05, 0.1) is 31.1 Å². The molecule has 262 valence electrons. The number of benzene rings is 1. The summed E-state index contributed by atoms with van der Waals surface area (Å²) >= 11 is 1.33. The van der Waals surface area contributed by atoms with E-state index in [2.05, 4.69) is 9.80 Å². The van der Waals surface area contributed by atoms with Gasteiger partial charge in [-0.05, 0) is 95.1 Å². The maximum Gasteiger partial charge on any atom is 0.337 e. The van der Waals surface area contributed by atoms with Crippen LogP contribution < -0.4 is 9.64 Å². The third kappa shape index (κ3) is 6.42. The zero-order chi connectivity index (χ0) is 34.6. The number of ether oxygens (including phenoxy) is 3. The number of pyridine rings is 1. The molecule has 0 spiro atoms. The highest BCUT2D eigenvalue weighted by molar-refractivity contribution is 7.09. The van der Waals surface area contributed by atoms with Crippen LogP contribution in [0.1, 0.15) is 68.5 Å². The van der Waals surface area contributed by atoms with Gasteiger partial charge in [-0.3, -0.25) is 4.90 Å². The number of hydrogen-bond acceptors (Lipinski definition) is 10. The van der Waals surface area contributed by atoms with Crippen molar-refractivity contribution in [1.29, 1.82) is 0 Å². The van der Waals surface area contributed by atoms with Gasteiger partial charge in [-0.25, -0.2) is 14.2 Å². The van der Waals surface area contributed by atoms with Crippen LogP contribution in [-0.2, 0) is 27.7 Å². The molecule has 0 radical (unpaired) electrons. The Morgan fingerprint density at radius 2 is 1.84 bits per heavy atom. The van der Waals surface area contributed by atoms with Crippen LogP contribution >= 0.6 is 11.5 Å². The van der Waals surface area contributed by atoms with E-state index >= 15 is 4.39 Å². The van der Waals surface area contributed by atoms with E-state index in [0.29, 0.717) is 58.4 Å². The molecule has 1 aromatic carbocycles. The Hall–Kier alpha value is -3.65. The van der Waals surface area contributed by atoms with Gasteiger partial charge in [-0.1, -0.05) is 0 Å². The summed E-state index contributed by atoms with van der Waals surface area (Å²) in [5, 5.41) is 12.0. The van der Waals surface area contributed by atoms with Gasteiger partial charge in [0.2, 0.25) is 5.95 Å². The molecule has 1 atom stereocenters. The summed E-state index contributed by atoms with van der Waals surface area (Å²) in [7, 11) is 1.93. The van der Waals surface area contributed by atoms with Crippen LogP contribution in [0.15, 0.2) is 12.1 Å². The first-order valence-electron chi connectivity index (χ1n) is 17.2. The van der Waals surface area contributed by atoms with Gasteiger partial charge in [-0.15, -0.1) is 0 Å². The molecule has 4 aromatic rings. The molecule has 3 aromatic heterocycles. The number of carboxylic acid groups (broad SMARTS) is 1.